The molecule has 16 heteroatoms. The molecule has 1 aliphatic heterocycles. The molecule has 1 aliphatic carbocycles. The average molecular weight is 578 g/mol. The van der Waals surface area contributed by atoms with Crippen molar-refractivity contribution in [2.45, 2.75) is 43.2 Å². The largest absolute Gasteiger partial charge is 0.504 e. The van der Waals surface area contributed by atoms with E-state index in [1.165, 1.54) is 0 Å². The number of rotatable bonds is 5. The van der Waals surface area contributed by atoms with Crippen molar-refractivity contribution in [3.8, 4) is 34.5 Å². The highest BCUT2D eigenvalue weighted by Crippen LogP contribution is 2.48. The van der Waals surface area contributed by atoms with Crippen LogP contribution >= 0.6 is 0 Å². The second-order valence-corrected chi connectivity index (χ2v) is 9.34. The topological polar surface area (TPSA) is 274 Å². The van der Waals surface area contributed by atoms with Gasteiger partial charge in [-0.25, -0.2) is 9.59 Å². The third-order valence-corrected chi connectivity index (χ3v) is 6.80. The minimum atomic E-state index is -2.00. The standard InChI is InChI=1S/C25H22O16/c26-5-13-18(33)22(20(35)25(39-13)41-23(36)6-1-8(27)16(31)9(28)2-6)38-12-4-11(30)21-15(12)14-7(24(37)40-21)3-10(29)17(32)19(14)34/h1-3,12-13,18,20,22,25-29,31-35H,4-5H2/t12?,13-,18-,20-,22+,25+/m1/s1. The second kappa shape index (κ2) is 10.1. The maximum atomic E-state index is 12.7. The van der Waals surface area contributed by atoms with E-state index in [9.17, 15) is 60.3 Å². The number of phenolic OH excluding ortho intramolecular Hbond substituents is 6. The molecule has 3 aromatic rings. The summed E-state index contributed by atoms with van der Waals surface area (Å²) in [6, 6.07) is 2.29. The van der Waals surface area contributed by atoms with Crippen molar-refractivity contribution in [2.75, 3.05) is 6.61 Å². The maximum absolute atomic E-state index is 12.7. The molecule has 1 saturated heterocycles. The summed E-state index contributed by atoms with van der Waals surface area (Å²) in [4.78, 5) is 37.7. The van der Waals surface area contributed by atoms with Gasteiger partial charge >= 0.3 is 11.6 Å². The quantitative estimate of drug-likeness (QED) is 0.134. The fourth-order valence-corrected chi connectivity index (χ4v) is 4.78. The Hall–Kier alpha value is -4.61. The minimum Gasteiger partial charge on any atom is -0.504 e. The van der Waals surface area contributed by atoms with Crippen LogP contribution in [0.1, 0.15) is 39.0 Å². The highest BCUT2D eigenvalue weighted by molar-refractivity contribution is 6.06. The molecule has 2 aliphatic rings. The first-order chi connectivity index (χ1) is 19.3. The van der Waals surface area contributed by atoms with Gasteiger partial charge in [0.05, 0.1) is 23.7 Å². The third kappa shape index (κ3) is 4.52. The lowest BCUT2D eigenvalue weighted by atomic mass is 9.97. The summed E-state index contributed by atoms with van der Waals surface area (Å²) in [5.74, 6) is -8.06. The Morgan fingerprint density at radius 1 is 0.902 bits per heavy atom. The molecular formula is C25H22O16. The summed E-state index contributed by atoms with van der Waals surface area (Å²) in [6.45, 7) is -0.867. The summed E-state index contributed by atoms with van der Waals surface area (Å²) in [5, 5.41) is 89.8. The van der Waals surface area contributed by atoms with E-state index in [0.29, 0.717) is 0 Å². The Labute approximate surface area is 227 Å². The molecule has 0 bridgehead atoms. The van der Waals surface area contributed by atoms with E-state index in [1.807, 2.05) is 0 Å². The number of aromatic hydroxyl groups is 6. The van der Waals surface area contributed by atoms with Crippen LogP contribution in [-0.2, 0) is 14.2 Å². The van der Waals surface area contributed by atoms with Crippen molar-refractivity contribution < 1.29 is 74.2 Å². The van der Waals surface area contributed by atoms with E-state index >= 15 is 0 Å². The molecule has 0 amide bonds. The molecule has 0 saturated carbocycles. The lowest BCUT2D eigenvalue weighted by molar-refractivity contribution is -0.299. The maximum Gasteiger partial charge on any atom is 0.344 e. The molecule has 1 fully saturated rings. The number of Topliss-reactive ketones (excluding diaryl/α,β-unsaturated/α-hetero) is 1. The summed E-state index contributed by atoms with van der Waals surface area (Å²) in [5.41, 5.74) is -1.84. The zero-order valence-corrected chi connectivity index (χ0v) is 20.5. The lowest BCUT2D eigenvalue weighted by Crippen LogP contribution is -2.60. The molecule has 1 aromatic heterocycles. The Morgan fingerprint density at radius 3 is 2.17 bits per heavy atom. The van der Waals surface area contributed by atoms with Gasteiger partial charge in [0.1, 0.15) is 24.4 Å². The lowest BCUT2D eigenvalue weighted by Gasteiger charge is -2.42. The number of ether oxygens (including phenoxy) is 3. The smallest absolute Gasteiger partial charge is 0.344 e. The first-order valence-electron chi connectivity index (χ1n) is 11.9. The van der Waals surface area contributed by atoms with Crippen LogP contribution in [0.2, 0.25) is 0 Å². The highest BCUT2D eigenvalue weighted by Gasteiger charge is 2.50. The van der Waals surface area contributed by atoms with Crippen LogP contribution in [0.5, 0.6) is 34.5 Å². The predicted octanol–water partition coefficient (Wildman–Crippen LogP) is -0.665. The molecule has 218 valence electrons. The van der Waals surface area contributed by atoms with Crippen LogP contribution in [0.3, 0.4) is 0 Å². The predicted molar refractivity (Wildman–Crippen MR) is 129 cm³/mol. The summed E-state index contributed by atoms with van der Waals surface area (Å²) in [6.07, 6.45) is -11.0. The third-order valence-electron chi connectivity index (χ3n) is 6.80. The van der Waals surface area contributed by atoms with Crippen LogP contribution in [0.4, 0.5) is 0 Å². The van der Waals surface area contributed by atoms with E-state index in [-0.39, 0.29) is 5.56 Å². The number of fused-ring (bicyclic) bond motifs is 3. The number of hydrogen-bond acceptors (Lipinski definition) is 16. The number of carbonyl (C=O) groups is 2. The zero-order valence-electron chi connectivity index (χ0n) is 20.5. The van der Waals surface area contributed by atoms with Gasteiger partial charge < -0.3 is 64.6 Å². The van der Waals surface area contributed by atoms with Crippen LogP contribution in [0, 0.1) is 0 Å². The first-order valence-corrected chi connectivity index (χ1v) is 11.9. The van der Waals surface area contributed by atoms with Crippen LogP contribution in [0.25, 0.3) is 10.8 Å². The summed E-state index contributed by atoms with van der Waals surface area (Å²) in [7, 11) is 0. The van der Waals surface area contributed by atoms with E-state index in [1.54, 1.807) is 0 Å². The fourth-order valence-electron chi connectivity index (χ4n) is 4.78. The number of phenols is 6. The monoisotopic (exact) mass is 578 g/mol. The second-order valence-electron chi connectivity index (χ2n) is 9.34. The van der Waals surface area contributed by atoms with Gasteiger partial charge in [0.2, 0.25) is 17.8 Å². The Balaban J connectivity index is 1.49. The number of esters is 1. The van der Waals surface area contributed by atoms with Crippen molar-refractivity contribution in [3.05, 3.63) is 45.5 Å². The van der Waals surface area contributed by atoms with Crippen LogP contribution in [0.15, 0.2) is 27.4 Å². The molecule has 2 aromatic carbocycles. The van der Waals surface area contributed by atoms with Gasteiger partial charge in [-0.3, -0.25) is 4.79 Å². The van der Waals surface area contributed by atoms with Gasteiger partial charge in [-0.2, -0.15) is 0 Å². The Morgan fingerprint density at radius 2 is 1.54 bits per heavy atom. The summed E-state index contributed by atoms with van der Waals surface area (Å²) < 4.78 is 21.2. The van der Waals surface area contributed by atoms with Gasteiger partial charge in [0.15, 0.2) is 34.5 Å². The fraction of sp³-hybridized carbons (Fsp3) is 0.320. The zero-order chi connectivity index (χ0) is 29.9. The average Bonchev–Trinajstić information content (AvgIpc) is 3.23. The van der Waals surface area contributed by atoms with Gasteiger partial charge in [-0.1, -0.05) is 0 Å². The number of aliphatic hydroxyl groups is 3. The van der Waals surface area contributed by atoms with E-state index in [0.717, 1.165) is 18.2 Å². The molecule has 41 heavy (non-hydrogen) atoms. The van der Waals surface area contributed by atoms with E-state index in [4.69, 9.17) is 18.6 Å². The minimum absolute atomic E-state index is 0.243. The molecule has 0 spiro atoms. The normalized spacial score (nSPS) is 25.8. The molecule has 2 heterocycles. The van der Waals surface area contributed by atoms with E-state index < -0.39 is 124 Å². The first kappa shape index (κ1) is 27.9. The molecule has 16 nitrogen and oxygen atoms in total. The number of aliphatic hydroxyl groups excluding tert-OH is 3. The van der Waals surface area contributed by atoms with Crippen LogP contribution in [-0.4, -0.2) is 95.0 Å². The molecule has 1 unspecified atom stereocenters. The van der Waals surface area contributed by atoms with Gasteiger partial charge in [-0.05, 0) is 18.2 Å². The van der Waals surface area contributed by atoms with Gasteiger partial charge in [-0.15, -0.1) is 0 Å². The SMILES string of the molecule is O=C(O[C@@H]1O[C@H](CO)[C@@H](O)[C@H](OC2CC(=O)c3oc(=O)c4cc(O)c(O)c(O)c4c32)[C@H]1O)c1cc(O)c(O)c(O)c1. The summed E-state index contributed by atoms with van der Waals surface area (Å²) >= 11 is 0. The number of benzene rings is 2. The molecule has 5 rings (SSSR count). The van der Waals surface area contributed by atoms with E-state index in [2.05, 4.69) is 0 Å². The number of hydrogen-bond donors (Lipinski definition) is 9. The molecule has 0 radical (unpaired) electrons. The van der Waals surface area contributed by atoms with Crippen molar-refractivity contribution in [1.82, 2.24) is 0 Å². The van der Waals surface area contributed by atoms with Crippen molar-refractivity contribution in [2.24, 2.45) is 0 Å². The van der Waals surface area contributed by atoms with Crippen LogP contribution < -0.4 is 5.63 Å². The Kier molecular flexibility index (Phi) is 6.88. The van der Waals surface area contributed by atoms with Gasteiger partial charge in [0.25, 0.3) is 0 Å². The number of carbonyl (C=O) groups excluding carboxylic acids is 2. The van der Waals surface area contributed by atoms with Crippen molar-refractivity contribution >= 4 is 22.5 Å². The molecule has 9 N–H and O–H groups in total. The van der Waals surface area contributed by atoms with Crippen molar-refractivity contribution in [3.63, 3.8) is 0 Å². The molecular weight excluding hydrogens is 556 g/mol. The van der Waals surface area contributed by atoms with Gasteiger partial charge in [0, 0.05) is 17.4 Å². The number of ketones is 1. The van der Waals surface area contributed by atoms with Crippen molar-refractivity contribution in [1.29, 1.82) is 0 Å². The highest BCUT2D eigenvalue weighted by atomic mass is 16.7. The Bertz CT molecular complexity index is 1600. The molecule has 6 atom stereocenters.